The first-order chi connectivity index (χ1) is 19.8. The number of para-hydroxylation sites is 2. The third kappa shape index (κ3) is 3.37. The number of benzene rings is 6. The van der Waals surface area contributed by atoms with Crippen LogP contribution in [-0.2, 0) is 0 Å². The number of furan rings is 2. The Morgan fingerprint density at radius 2 is 1.07 bits per heavy atom. The van der Waals surface area contributed by atoms with Gasteiger partial charge in [-0.3, -0.25) is 0 Å². The lowest BCUT2D eigenvalue weighted by Gasteiger charge is -2.15. The van der Waals surface area contributed by atoms with Crippen molar-refractivity contribution in [3.63, 3.8) is 0 Å². The van der Waals surface area contributed by atoms with Gasteiger partial charge in [0.2, 0.25) is 0 Å². The molecule has 0 N–H and O–H groups in total. The second kappa shape index (κ2) is 8.73. The first kappa shape index (κ1) is 22.4. The Hall–Kier alpha value is -5.59. The van der Waals surface area contributed by atoms with E-state index in [1.165, 1.54) is 0 Å². The van der Waals surface area contributed by atoms with Gasteiger partial charge in [-0.05, 0) is 64.7 Å². The van der Waals surface area contributed by atoms with Gasteiger partial charge in [-0.25, -0.2) is 0 Å². The van der Waals surface area contributed by atoms with Crippen LogP contribution < -0.4 is 0 Å². The monoisotopic (exact) mass is 511 g/mol. The van der Waals surface area contributed by atoms with Gasteiger partial charge in [-0.15, -0.1) is 0 Å². The Kier molecular flexibility index (Phi) is 4.89. The predicted octanol–water partition coefficient (Wildman–Crippen LogP) is 10.4. The molecular weight excluding hydrogens is 490 g/mol. The van der Waals surface area contributed by atoms with Crippen LogP contribution in [0, 0.1) is 11.3 Å². The molecule has 3 heteroatoms. The van der Waals surface area contributed by atoms with Gasteiger partial charge in [0.05, 0.1) is 5.56 Å². The average molecular weight is 512 g/mol. The first-order valence-corrected chi connectivity index (χ1v) is 13.2. The van der Waals surface area contributed by atoms with E-state index >= 15 is 0 Å². The first-order valence-electron chi connectivity index (χ1n) is 13.2. The smallest absolute Gasteiger partial charge is 0.136 e. The van der Waals surface area contributed by atoms with Crippen LogP contribution in [0.25, 0.3) is 77.3 Å². The molecule has 2 aromatic heterocycles. The number of fused-ring (bicyclic) bond motifs is 6. The Morgan fingerprint density at radius 3 is 1.90 bits per heavy atom. The topological polar surface area (TPSA) is 50.1 Å². The summed E-state index contributed by atoms with van der Waals surface area (Å²) in [5.74, 6) is 0. The maximum atomic E-state index is 10.6. The van der Waals surface area contributed by atoms with E-state index in [0.29, 0.717) is 5.56 Å². The van der Waals surface area contributed by atoms with Crippen molar-refractivity contribution in [3.8, 4) is 39.4 Å². The molecule has 0 unspecified atom stereocenters. The van der Waals surface area contributed by atoms with Crippen LogP contribution >= 0.6 is 0 Å². The van der Waals surface area contributed by atoms with Crippen LogP contribution in [0.4, 0.5) is 0 Å². The highest BCUT2D eigenvalue weighted by Crippen LogP contribution is 2.43. The summed E-state index contributed by atoms with van der Waals surface area (Å²) >= 11 is 0. The molecule has 0 aliphatic heterocycles. The van der Waals surface area contributed by atoms with Crippen LogP contribution in [0.2, 0.25) is 0 Å². The Balaban J connectivity index is 1.44. The zero-order valence-electron chi connectivity index (χ0n) is 21.4. The molecule has 0 aliphatic carbocycles. The van der Waals surface area contributed by atoms with Crippen LogP contribution in [0.3, 0.4) is 0 Å². The molecular formula is C37H21NO2. The fourth-order valence-corrected chi connectivity index (χ4v) is 5.89. The minimum absolute atomic E-state index is 0.637. The van der Waals surface area contributed by atoms with Gasteiger partial charge in [-0.2, -0.15) is 5.26 Å². The van der Waals surface area contributed by atoms with Crippen molar-refractivity contribution in [1.29, 1.82) is 5.26 Å². The van der Waals surface area contributed by atoms with Gasteiger partial charge in [-0.1, -0.05) is 84.9 Å². The third-order valence-electron chi connectivity index (χ3n) is 7.74. The number of hydrogen-bond acceptors (Lipinski definition) is 3. The van der Waals surface area contributed by atoms with E-state index in [1.807, 2.05) is 66.7 Å². The lowest BCUT2D eigenvalue weighted by atomic mass is 9.87. The normalized spacial score (nSPS) is 11.5. The maximum Gasteiger partial charge on any atom is 0.136 e. The van der Waals surface area contributed by atoms with Gasteiger partial charge in [0.1, 0.15) is 28.4 Å². The molecule has 0 spiro atoms. The molecule has 0 fully saturated rings. The summed E-state index contributed by atoms with van der Waals surface area (Å²) in [6.07, 6.45) is 0. The highest BCUT2D eigenvalue weighted by molar-refractivity contribution is 6.13. The summed E-state index contributed by atoms with van der Waals surface area (Å²) in [6.45, 7) is 0. The molecule has 0 saturated carbocycles. The SMILES string of the molecule is N#Cc1c(-c2ccccc2)cc(-c2ccc3c(c2)oc2ccccc23)cc1-c1cccc2oc3ccccc3c12. The molecule has 0 atom stereocenters. The van der Waals surface area contributed by atoms with Crippen molar-refractivity contribution < 1.29 is 8.83 Å². The lowest BCUT2D eigenvalue weighted by Crippen LogP contribution is -1.93. The summed E-state index contributed by atoms with van der Waals surface area (Å²) in [5.41, 5.74) is 9.77. The van der Waals surface area contributed by atoms with Gasteiger partial charge in [0, 0.05) is 32.7 Å². The third-order valence-corrected chi connectivity index (χ3v) is 7.74. The van der Waals surface area contributed by atoms with Gasteiger partial charge in [0.25, 0.3) is 0 Å². The molecule has 0 bridgehead atoms. The molecule has 6 aromatic carbocycles. The standard InChI is InChI=1S/C37H21NO2/c38-22-32-30(23-9-2-1-3-10-23)19-25(24-17-18-27-26-11-4-6-14-33(26)40-36(27)21-24)20-31(32)28-13-8-16-35-37(28)29-12-5-7-15-34(29)39-35/h1-21H. The predicted molar refractivity (Wildman–Crippen MR) is 162 cm³/mol. The number of nitrogens with zero attached hydrogens (tertiary/aromatic N) is 1. The van der Waals surface area contributed by atoms with E-state index in [1.54, 1.807) is 0 Å². The van der Waals surface area contributed by atoms with Crippen molar-refractivity contribution in [2.45, 2.75) is 0 Å². The Morgan fingerprint density at radius 1 is 0.425 bits per heavy atom. The van der Waals surface area contributed by atoms with Crippen LogP contribution in [0.5, 0.6) is 0 Å². The number of rotatable bonds is 3. The summed E-state index contributed by atoms with van der Waals surface area (Å²) in [5, 5.41) is 14.8. The molecule has 0 saturated heterocycles. The summed E-state index contributed by atoms with van der Waals surface area (Å²) in [7, 11) is 0. The fraction of sp³-hybridized carbons (Fsp3) is 0. The minimum atomic E-state index is 0.637. The van der Waals surface area contributed by atoms with Crippen molar-refractivity contribution in [1.82, 2.24) is 0 Å². The molecule has 186 valence electrons. The summed E-state index contributed by atoms with van der Waals surface area (Å²) in [4.78, 5) is 0. The molecule has 0 amide bonds. The van der Waals surface area contributed by atoms with Crippen molar-refractivity contribution in [2.24, 2.45) is 0 Å². The van der Waals surface area contributed by atoms with E-state index in [-0.39, 0.29) is 0 Å². The maximum absolute atomic E-state index is 10.6. The van der Waals surface area contributed by atoms with Crippen molar-refractivity contribution in [3.05, 3.63) is 133 Å². The largest absolute Gasteiger partial charge is 0.456 e. The zero-order chi connectivity index (χ0) is 26.6. The van der Waals surface area contributed by atoms with Gasteiger partial charge >= 0.3 is 0 Å². The van der Waals surface area contributed by atoms with Crippen molar-refractivity contribution >= 4 is 43.9 Å². The molecule has 0 radical (unpaired) electrons. The van der Waals surface area contributed by atoms with Gasteiger partial charge in [0.15, 0.2) is 0 Å². The van der Waals surface area contributed by atoms with E-state index in [2.05, 4.69) is 66.7 Å². The van der Waals surface area contributed by atoms with E-state index in [4.69, 9.17) is 8.83 Å². The average Bonchev–Trinajstić information content (AvgIpc) is 3.58. The molecule has 2 heterocycles. The second-order valence-corrected chi connectivity index (χ2v) is 10.0. The van der Waals surface area contributed by atoms with E-state index < -0.39 is 0 Å². The Labute approximate surface area is 230 Å². The Bertz CT molecular complexity index is 2280. The molecule has 0 aliphatic rings. The summed E-state index contributed by atoms with van der Waals surface area (Å²) in [6, 6.07) is 45.5. The highest BCUT2D eigenvalue weighted by atomic mass is 16.3. The molecule has 8 aromatic rings. The molecule has 8 rings (SSSR count). The number of hydrogen-bond donors (Lipinski definition) is 0. The van der Waals surface area contributed by atoms with E-state index in [0.717, 1.165) is 77.3 Å². The van der Waals surface area contributed by atoms with Crippen LogP contribution in [-0.4, -0.2) is 0 Å². The van der Waals surface area contributed by atoms with Crippen LogP contribution in [0.1, 0.15) is 5.56 Å². The second-order valence-electron chi connectivity index (χ2n) is 10.0. The minimum Gasteiger partial charge on any atom is -0.456 e. The van der Waals surface area contributed by atoms with Gasteiger partial charge < -0.3 is 8.83 Å². The molecule has 3 nitrogen and oxygen atoms in total. The fourth-order valence-electron chi connectivity index (χ4n) is 5.89. The zero-order valence-corrected chi connectivity index (χ0v) is 21.4. The lowest BCUT2D eigenvalue weighted by molar-refractivity contribution is 0.668. The number of nitriles is 1. The van der Waals surface area contributed by atoms with Crippen molar-refractivity contribution in [2.75, 3.05) is 0 Å². The highest BCUT2D eigenvalue weighted by Gasteiger charge is 2.20. The quantitative estimate of drug-likeness (QED) is 0.237. The molecule has 40 heavy (non-hydrogen) atoms. The summed E-state index contributed by atoms with van der Waals surface area (Å²) < 4.78 is 12.4. The van der Waals surface area contributed by atoms with Crippen LogP contribution in [0.15, 0.2) is 136 Å². The van der Waals surface area contributed by atoms with E-state index in [9.17, 15) is 5.26 Å².